The summed E-state index contributed by atoms with van der Waals surface area (Å²) >= 11 is 2.94. The summed E-state index contributed by atoms with van der Waals surface area (Å²) in [5.74, 6) is -0.416. The SMILES string of the molecule is Cc1ncc(CNC(=O)c2cc3c(C)nn(-c4ccc(F)cc4)c3s2)s1. The molecular formula is C18H15FN4OS2. The first kappa shape index (κ1) is 16.9. The summed E-state index contributed by atoms with van der Waals surface area (Å²) in [6.07, 6.45) is 1.78. The number of amides is 1. The number of aromatic nitrogens is 3. The number of hydrogen-bond acceptors (Lipinski definition) is 5. The highest BCUT2D eigenvalue weighted by atomic mass is 32.1. The second-order valence-electron chi connectivity index (χ2n) is 5.83. The van der Waals surface area contributed by atoms with Crippen LogP contribution in [0.1, 0.15) is 25.3 Å². The van der Waals surface area contributed by atoms with Crippen LogP contribution in [0.25, 0.3) is 15.9 Å². The maximum absolute atomic E-state index is 13.2. The monoisotopic (exact) mass is 386 g/mol. The number of rotatable bonds is 4. The average molecular weight is 386 g/mol. The van der Waals surface area contributed by atoms with Crippen LogP contribution in [0.4, 0.5) is 4.39 Å². The lowest BCUT2D eigenvalue weighted by Gasteiger charge is -2.02. The zero-order valence-corrected chi connectivity index (χ0v) is 15.7. The fourth-order valence-corrected chi connectivity index (χ4v) is 4.49. The summed E-state index contributed by atoms with van der Waals surface area (Å²) in [5.41, 5.74) is 1.59. The highest BCUT2D eigenvalue weighted by Crippen LogP contribution is 2.30. The first-order valence-corrected chi connectivity index (χ1v) is 9.59. The van der Waals surface area contributed by atoms with Crippen LogP contribution in [-0.4, -0.2) is 20.7 Å². The van der Waals surface area contributed by atoms with E-state index in [1.807, 2.05) is 19.9 Å². The van der Waals surface area contributed by atoms with Crippen LogP contribution in [0.3, 0.4) is 0 Å². The van der Waals surface area contributed by atoms with Gasteiger partial charge in [0.25, 0.3) is 5.91 Å². The summed E-state index contributed by atoms with van der Waals surface area (Å²) in [5, 5.41) is 9.35. The van der Waals surface area contributed by atoms with Crippen LogP contribution < -0.4 is 5.32 Å². The molecule has 0 spiro atoms. The molecular weight excluding hydrogens is 371 g/mol. The molecule has 0 aliphatic carbocycles. The fraction of sp³-hybridized carbons (Fsp3) is 0.167. The predicted molar refractivity (Wildman–Crippen MR) is 102 cm³/mol. The number of halogens is 1. The number of nitrogens with one attached hydrogen (secondary N) is 1. The van der Waals surface area contributed by atoms with Gasteiger partial charge in [0.15, 0.2) is 0 Å². The molecule has 3 heterocycles. The lowest BCUT2D eigenvalue weighted by Crippen LogP contribution is -2.21. The summed E-state index contributed by atoms with van der Waals surface area (Å²) in [6, 6.07) is 8.00. The van der Waals surface area contributed by atoms with Gasteiger partial charge in [-0.15, -0.1) is 22.7 Å². The van der Waals surface area contributed by atoms with E-state index >= 15 is 0 Å². The molecule has 1 amide bonds. The van der Waals surface area contributed by atoms with Gasteiger partial charge in [-0.3, -0.25) is 4.79 Å². The molecule has 132 valence electrons. The Labute approximate surface area is 157 Å². The maximum atomic E-state index is 13.2. The normalized spacial score (nSPS) is 11.2. The molecule has 0 bridgehead atoms. The van der Waals surface area contributed by atoms with Gasteiger partial charge < -0.3 is 5.32 Å². The molecule has 0 radical (unpaired) electrons. The molecule has 0 atom stereocenters. The number of aryl methyl sites for hydroxylation is 2. The van der Waals surface area contributed by atoms with Gasteiger partial charge >= 0.3 is 0 Å². The lowest BCUT2D eigenvalue weighted by molar-refractivity contribution is 0.0955. The van der Waals surface area contributed by atoms with Crippen LogP contribution in [0.5, 0.6) is 0 Å². The van der Waals surface area contributed by atoms with Gasteiger partial charge in [0.2, 0.25) is 0 Å². The average Bonchev–Trinajstić information content (AvgIpc) is 3.31. The first-order valence-electron chi connectivity index (χ1n) is 7.96. The first-order chi connectivity index (χ1) is 12.5. The molecule has 4 aromatic rings. The molecule has 8 heteroatoms. The van der Waals surface area contributed by atoms with Crippen molar-refractivity contribution >= 4 is 38.8 Å². The predicted octanol–water partition coefficient (Wildman–Crippen LogP) is 4.23. The third-order valence-electron chi connectivity index (χ3n) is 3.93. The van der Waals surface area contributed by atoms with E-state index in [1.165, 1.54) is 23.5 Å². The molecule has 26 heavy (non-hydrogen) atoms. The van der Waals surface area contributed by atoms with Gasteiger partial charge in [0.05, 0.1) is 27.8 Å². The molecule has 0 aliphatic heterocycles. The minimum atomic E-state index is -0.293. The molecule has 0 unspecified atom stereocenters. The van der Waals surface area contributed by atoms with Gasteiger partial charge in [-0.25, -0.2) is 14.1 Å². The van der Waals surface area contributed by atoms with Crippen LogP contribution in [0, 0.1) is 19.7 Å². The number of hydrogen-bond donors (Lipinski definition) is 1. The van der Waals surface area contributed by atoms with Crippen molar-refractivity contribution in [2.24, 2.45) is 0 Å². The zero-order valence-electron chi connectivity index (χ0n) is 14.1. The Morgan fingerprint density at radius 3 is 2.69 bits per heavy atom. The third-order valence-corrected chi connectivity index (χ3v) is 5.95. The third kappa shape index (κ3) is 3.13. The molecule has 4 rings (SSSR count). The van der Waals surface area contributed by atoms with Crippen molar-refractivity contribution in [3.63, 3.8) is 0 Å². The summed E-state index contributed by atoms with van der Waals surface area (Å²) in [7, 11) is 0. The number of carbonyl (C=O) groups is 1. The number of carbonyl (C=O) groups excluding carboxylic acids is 1. The Bertz CT molecular complexity index is 1090. The molecule has 1 aromatic carbocycles. The Morgan fingerprint density at radius 2 is 2.00 bits per heavy atom. The molecule has 0 aliphatic rings. The second-order valence-corrected chi connectivity index (χ2v) is 8.18. The van der Waals surface area contributed by atoms with E-state index in [0.29, 0.717) is 11.4 Å². The Hall–Kier alpha value is -2.58. The highest BCUT2D eigenvalue weighted by molar-refractivity contribution is 7.20. The van der Waals surface area contributed by atoms with Crippen LogP contribution >= 0.6 is 22.7 Å². The summed E-state index contributed by atoms with van der Waals surface area (Å²) < 4.78 is 14.9. The number of nitrogens with zero attached hydrogens (tertiary/aromatic N) is 3. The summed E-state index contributed by atoms with van der Waals surface area (Å²) in [4.78, 5) is 19.2. The van der Waals surface area contributed by atoms with E-state index in [9.17, 15) is 9.18 Å². The van der Waals surface area contributed by atoms with Crippen LogP contribution in [0.2, 0.25) is 0 Å². The van der Waals surface area contributed by atoms with Gasteiger partial charge in [-0.05, 0) is 44.2 Å². The second kappa shape index (κ2) is 6.62. The van der Waals surface area contributed by atoms with Crippen molar-refractivity contribution in [1.82, 2.24) is 20.1 Å². The van der Waals surface area contributed by atoms with Gasteiger partial charge in [0.1, 0.15) is 10.6 Å². The Morgan fingerprint density at radius 1 is 1.23 bits per heavy atom. The van der Waals surface area contributed by atoms with Crippen LogP contribution in [-0.2, 0) is 6.54 Å². The standard InChI is InChI=1S/C18H15FN4OS2/c1-10-15-7-16(17(24)21-9-14-8-20-11(2)25-14)26-18(15)23(22-10)13-5-3-12(19)4-6-13/h3-8H,9H2,1-2H3,(H,21,24). The van der Waals surface area contributed by atoms with E-state index in [4.69, 9.17) is 0 Å². The van der Waals surface area contributed by atoms with Gasteiger partial charge in [-0.2, -0.15) is 5.10 Å². The minimum Gasteiger partial charge on any atom is -0.346 e. The number of benzene rings is 1. The van der Waals surface area contributed by atoms with Crippen molar-refractivity contribution < 1.29 is 9.18 Å². The van der Waals surface area contributed by atoms with Gasteiger partial charge in [0, 0.05) is 16.5 Å². The van der Waals surface area contributed by atoms with Crippen molar-refractivity contribution in [3.8, 4) is 5.69 Å². The number of thiazole rings is 1. The topological polar surface area (TPSA) is 59.8 Å². The molecule has 0 saturated carbocycles. The summed E-state index contributed by atoms with van der Waals surface area (Å²) in [6.45, 7) is 4.30. The van der Waals surface area contributed by atoms with E-state index in [1.54, 1.807) is 34.3 Å². The molecule has 3 aromatic heterocycles. The van der Waals surface area contributed by atoms with Crippen LogP contribution in [0.15, 0.2) is 36.5 Å². The van der Waals surface area contributed by atoms with E-state index < -0.39 is 0 Å². The number of thiophene rings is 1. The quantitative estimate of drug-likeness (QED) is 0.571. The highest BCUT2D eigenvalue weighted by Gasteiger charge is 2.17. The Balaban J connectivity index is 1.61. The molecule has 0 saturated heterocycles. The largest absolute Gasteiger partial charge is 0.346 e. The molecule has 5 nitrogen and oxygen atoms in total. The minimum absolute atomic E-state index is 0.123. The maximum Gasteiger partial charge on any atom is 0.261 e. The van der Waals surface area contributed by atoms with E-state index in [-0.39, 0.29) is 11.7 Å². The van der Waals surface area contributed by atoms with Gasteiger partial charge in [-0.1, -0.05) is 0 Å². The molecule has 1 N–H and O–H groups in total. The molecule has 0 fully saturated rings. The smallest absolute Gasteiger partial charge is 0.261 e. The Kier molecular flexibility index (Phi) is 4.29. The van der Waals surface area contributed by atoms with Crippen molar-refractivity contribution in [3.05, 3.63) is 62.8 Å². The van der Waals surface area contributed by atoms with E-state index in [2.05, 4.69) is 15.4 Å². The van der Waals surface area contributed by atoms with Crippen molar-refractivity contribution in [2.45, 2.75) is 20.4 Å². The lowest BCUT2D eigenvalue weighted by atomic mass is 10.3. The van der Waals surface area contributed by atoms with E-state index in [0.717, 1.165) is 31.5 Å². The fourth-order valence-electron chi connectivity index (χ4n) is 2.66. The number of fused-ring (bicyclic) bond motifs is 1. The van der Waals surface area contributed by atoms with Crippen molar-refractivity contribution in [1.29, 1.82) is 0 Å². The zero-order chi connectivity index (χ0) is 18.3. The van der Waals surface area contributed by atoms with Crippen molar-refractivity contribution in [2.75, 3.05) is 0 Å².